The third kappa shape index (κ3) is 5.14. The van der Waals surface area contributed by atoms with Crippen molar-refractivity contribution in [2.75, 3.05) is 26.2 Å². The van der Waals surface area contributed by atoms with Gasteiger partial charge in [0.1, 0.15) is 0 Å². The zero-order chi connectivity index (χ0) is 11.3. The lowest BCUT2D eigenvalue weighted by atomic mass is 10.1. The molecule has 1 N–H and O–H groups in total. The first-order valence-corrected chi connectivity index (χ1v) is 5.58. The number of rotatable bonds is 5. The second-order valence-corrected chi connectivity index (χ2v) is 4.74. The molecule has 0 amide bonds. The number of carboxylic acids is 1. The summed E-state index contributed by atoms with van der Waals surface area (Å²) in [6.45, 7) is 7.87. The maximum atomic E-state index is 10.3. The summed E-state index contributed by atoms with van der Waals surface area (Å²) in [6, 6.07) is 0. The van der Waals surface area contributed by atoms with Gasteiger partial charge in [-0.2, -0.15) is 0 Å². The van der Waals surface area contributed by atoms with Crippen LogP contribution in [0.25, 0.3) is 0 Å². The zero-order valence-corrected chi connectivity index (χ0v) is 9.66. The summed E-state index contributed by atoms with van der Waals surface area (Å²) in [5.41, 5.74) is -0.0505. The van der Waals surface area contributed by atoms with Gasteiger partial charge in [-0.25, -0.2) is 0 Å². The average molecular weight is 215 g/mol. The number of ether oxygens (including phenoxy) is 1. The van der Waals surface area contributed by atoms with Crippen LogP contribution in [0.2, 0.25) is 0 Å². The van der Waals surface area contributed by atoms with Gasteiger partial charge < -0.3 is 9.84 Å². The lowest BCUT2D eigenvalue weighted by Gasteiger charge is -2.38. The highest BCUT2D eigenvalue weighted by Gasteiger charge is 2.26. The Hall–Kier alpha value is -0.610. The van der Waals surface area contributed by atoms with Crippen molar-refractivity contribution < 1.29 is 14.6 Å². The molecule has 4 nitrogen and oxygen atoms in total. The van der Waals surface area contributed by atoms with Gasteiger partial charge in [-0.1, -0.05) is 0 Å². The van der Waals surface area contributed by atoms with Crippen LogP contribution in [0, 0.1) is 0 Å². The largest absolute Gasteiger partial charge is 0.481 e. The number of morpholine rings is 1. The van der Waals surface area contributed by atoms with Crippen molar-refractivity contribution in [3.63, 3.8) is 0 Å². The fourth-order valence-electron chi connectivity index (χ4n) is 1.92. The van der Waals surface area contributed by atoms with Crippen molar-refractivity contribution in [3.8, 4) is 0 Å². The molecule has 1 heterocycles. The van der Waals surface area contributed by atoms with Gasteiger partial charge in [-0.05, 0) is 33.2 Å². The van der Waals surface area contributed by atoms with Crippen molar-refractivity contribution in [3.05, 3.63) is 0 Å². The Morgan fingerprint density at radius 1 is 1.47 bits per heavy atom. The maximum Gasteiger partial charge on any atom is 0.303 e. The zero-order valence-electron chi connectivity index (χ0n) is 9.66. The van der Waals surface area contributed by atoms with Crippen molar-refractivity contribution in [2.45, 2.75) is 38.7 Å². The van der Waals surface area contributed by atoms with E-state index in [-0.39, 0.29) is 12.0 Å². The molecule has 0 spiro atoms. The minimum absolute atomic E-state index is 0.0505. The smallest absolute Gasteiger partial charge is 0.303 e. The Morgan fingerprint density at radius 2 is 2.20 bits per heavy atom. The van der Waals surface area contributed by atoms with Crippen LogP contribution < -0.4 is 0 Å². The third-order valence-electron chi connectivity index (χ3n) is 2.62. The molecular formula is C11H21NO3. The van der Waals surface area contributed by atoms with Crippen LogP contribution in [0.15, 0.2) is 0 Å². The molecular weight excluding hydrogens is 194 g/mol. The summed E-state index contributed by atoms with van der Waals surface area (Å²) in [4.78, 5) is 12.7. The predicted molar refractivity (Wildman–Crippen MR) is 58.0 cm³/mol. The SMILES string of the molecule is CC1(C)CN(CCCCC(=O)O)CCO1. The molecule has 0 bridgehead atoms. The van der Waals surface area contributed by atoms with Crippen LogP contribution in [0.4, 0.5) is 0 Å². The summed E-state index contributed by atoms with van der Waals surface area (Å²) in [5, 5.41) is 8.50. The molecule has 0 saturated carbocycles. The number of carbonyl (C=O) groups is 1. The lowest BCUT2D eigenvalue weighted by molar-refractivity contribution is -0.137. The van der Waals surface area contributed by atoms with Crippen LogP contribution in [0.1, 0.15) is 33.1 Å². The highest BCUT2D eigenvalue weighted by Crippen LogP contribution is 2.16. The number of carboxylic acid groups (broad SMARTS) is 1. The van der Waals surface area contributed by atoms with Crippen molar-refractivity contribution in [2.24, 2.45) is 0 Å². The molecule has 0 unspecified atom stereocenters. The second-order valence-electron chi connectivity index (χ2n) is 4.74. The van der Waals surface area contributed by atoms with Gasteiger partial charge in [0.05, 0.1) is 12.2 Å². The van der Waals surface area contributed by atoms with Crippen LogP contribution in [-0.4, -0.2) is 47.8 Å². The molecule has 0 aromatic rings. The predicted octanol–water partition coefficient (Wildman–Crippen LogP) is 1.35. The monoisotopic (exact) mass is 215 g/mol. The fourth-order valence-corrected chi connectivity index (χ4v) is 1.92. The van der Waals surface area contributed by atoms with E-state index in [4.69, 9.17) is 9.84 Å². The van der Waals surface area contributed by atoms with E-state index in [0.29, 0.717) is 0 Å². The number of hydrogen-bond acceptors (Lipinski definition) is 3. The van der Waals surface area contributed by atoms with Gasteiger partial charge >= 0.3 is 5.97 Å². The maximum absolute atomic E-state index is 10.3. The Balaban J connectivity index is 2.13. The normalized spacial score (nSPS) is 21.5. The van der Waals surface area contributed by atoms with Crippen LogP contribution in [0.3, 0.4) is 0 Å². The fraction of sp³-hybridized carbons (Fsp3) is 0.909. The lowest BCUT2D eigenvalue weighted by Crippen LogP contribution is -2.48. The van der Waals surface area contributed by atoms with E-state index in [0.717, 1.165) is 39.1 Å². The quantitative estimate of drug-likeness (QED) is 0.703. The van der Waals surface area contributed by atoms with Crippen LogP contribution >= 0.6 is 0 Å². The van der Waals surface area contributed by atoms with E-state index in [1.807, 2.05) is 0 Å². The Bertz CT molecular complexity index is 216. The van der Waals surface area contributed by atoms with Gasteiger partial charge in [0, 0.05) is 19.5 Å². The van der Waals surface area contributed by atoms with E-state index >= 15 is 0 Å². The topological polar surface area (TPSA) is 49.8 Å². The number of aliphatic carboxylic acids is 1. The molecule has 1 fully saturated rings. The van der Waals surface area contributed by atoms with Crippen molar-refractivity contribution in [1.82, 2.24) is 4.90 Å². The summed E-state index contributed by atoms with van der Waals surface area (Å²) < 4.78 is 5.60. The van der Waals surface area contributed by atoms with E-state index in [1.165, 1.54) is 0 Å². The van der Waals surface area contributed by atoms with Gasteiger partial charge in [-0.15, -0.1) is 0 Å². The van der Waals surface area contributed by atoms with Crippen LogP contribution in [-0.2, 0) is 9.53 Å². The van der Waals surface area contributed by atoms with Gasteiger partial charge in [0.2, 0.25) is 0 Å². The average Bonchev–Trinajstić information content (AvgIpc) is 2.10. The first-order chi connectivity index (χ1) is 6.99. The van der Waals surface area contributed by atoms with Gasteiger partial charge in [-0.3, -0.25) is 9.69 Å². The Morgan fingerprint density at radius 3 is 2.80 bits per heavy atom. The molecule has 1 rings (SSSR count). The first-order valence-electron chi connectivity index (χ1n) is 5.58. The number of hydrogen-bond donors (Lipinski definition) is 1. The molecule has 0 aromatic carbocycles. The second kappa shape index (κ2) is 5.47. The summed E-state index contributed by atoms with van der Waals surface area (Å²) in [7, 11) is 0. The summed E-state index contributed by atoms with van der Waals surface area (Å²) >= 11 is 0. The molecule has 0 atom stereocenters. The number of nitrogens with zero attached hydrogens (tertiary/aromatic N) is 1. The van der Waals surface area contributed by atoms with Gasteiger partial charge in [0.25, 0.3) is 0 Å². The van der Waals surface area contributed by atoms with E-state index < -0.39 is 5.97 Å². The van der Waals surface area contributed by atoms with Crippen molar-refractivity contribution >= 4 is 5.97 Å². The molecule has 0 radical (unpaired) electrons. The molecule has 15 heavy (non-hydrogen) atoms. The van der Waals surface area contributed by atoms with E-state index in [1.54, 1.807) is 0 Å². The van der Waals surface area contributed by atoms with Crippen molar-refractivity contribution in [1.29, 1.82) is 0 Å². The number of unbranched alkanes of at least 4 members (excludes halogenated alkanes) is 1. The standard InChI is InChI=1S/C11H21NO3/c1-11(2)9-12(7-8-15-11)6-4-3-5-10(13)14/h3-9H2,1-2H3,(H,13,14). The van der Waals surface area contributed by atoms with Crippen LogP contribution in [0.5, 0.6) is 0 Å². The Kier molecular flexibility index (Phi) is 4.54. The molecule has 0 aromatic heterocycles. The molecule has 1 aliphatic heterocycles. The highest BCUT2D eigenvalue weighted by molar-refractivity contribution is 5.66. The summed E-state index contributed by atoms with van der Waals surface area (Å²) in [6.07, 6.45) is 2.02. The molecule has 0 aliphatic carbocycles. The Labute approximate surface area is 91.2 Å². The van der Waals surface area contributed by atoms with Gasteiger partial charge in [0.15, 0.2) is 0 Å². The highest BCUT2D eigenvalue weighted by atomic mass is 16.5. The van der Waals surface area contributed by atoms with E-state index in [9.17, 15) is 4.79 Å². The first kappa shape index (κ1) is 12.5. The molecule has 4 heteroatoms. The minimum atomic E-state index is -0.697. The molecule has 88 valence electrons. The summed E-state index contributed by atoms with van der Waals surface area (Å²) in [5.74, 6) is -0.697. The minimum Gasteiger partial charge on any atom is -0.481 e. The van der Waals surface area contributed by atoms with E-state index in [2.05, 4.69) is 18.7 Å². The molecule has 1 saturated heterocycles. The molecule has 1 aliphatic rings. The third-order valence-corrected chi connectivity index (χ3v) is 2.62.